The molecule has 5 heteroatoms. The summed E-state index contributed by atoms with van der Waals surface area (Å²) in [6.45, 7) is 2.89. The first-order valence-electron chi connectivity index (χ1n) is 10.3. The number of fused-ring (bicyclic) bond motifs is 1. The van der Waals surface area contributed by atoms with Crippen molar-refractivity contribution in [3.63, 3.8) is 0 Å². The normalized spacial score (nSPS) is 27.1. The van der Waals surface area contributed by atoms with Crippen molar-refractivity contribution >= 4 is 5.91 Å². The molecule has 28 heavy (non-hydrogen) atoms. The predicted molar refractivity (Wildman–Crippen MR) is 107 cm³/mol. The van der Waals surface area contributed by atoms with E-state index < -0.39 is 5.60 Å². The van der Waals surface area contributed by atoms with Crippen molar-refractivity contribution in [1.82, 2.24) is 9.88 Å². The molecule has 2 fully saturated rings. The minimum Gasteiger partial charge on any atom is -0.477 e. The maximum atomic E-state index is 13.4. The number of benzene rings is 1. The summed E-state index contributed by atoms with van der Waals surface area (Å²) >= 11 is 0. The second kappa shape index (κ2) is 7.92. The molecular formula is C23H28N2O3. The Balaban J connectivity index is 1.65. The van der Waals surface area contributed by atoms with Crippen LogP contribution in [-0.2, 0) is 5.60 Å². The molecular weight excluding hydrogens is 352 g/mol. The summed E-state index contributed by atoms with van der Waals surface area (Å²) in [5, 5.41) is 11.7. The van der Waals surface area contributed by atoms with Gasteiger partial charge in [0.25, 0.3) is 5.91 Å². The van der Waals surface area contributed by atoms with Gasteiger partial charge < -0.3 is 14.7 Å². The first-order chi connectivity index (χ1) is 13.6. The highest BCUT2D eigenvalue weighted by Crippen LogP contribution is 2.47. The average Bonchev–Trinajstić information content (AvgIpc) is 2.75. The van der Waals surface area contributed by atoms with Gasteiger partial charge in [-0.3, -0.25) is 4.79 Å². The van der Waals surface area contributed by atoms with E-state index in [1.165, 1.54) is 0 Å². The van der Waals surface area contributed by atoms with Crippen molar-refractivity contribution in [2.24, 2.45) is 5.92 Å². The van der Waals surface area contributed by atoms with Crippen LogP contribution in [0, 0.1) is 5.92 Å². The fourth-order valence-corrected chi connectivity index (χ4v) is 4.98. The van der Waals surface area contributed by atoms with E-state index >= 15 is 0 Å². The molecule has 3 atom stereocenters. The number of pyridine rings is 1. The van der Waals surface area contributed by atoms with Crippen LogP contribution in [0.2, 0.25) is 0 Å². The van der Waals surface area contributed by atoms with Crippen LogP contribution in [0.5, 0.6) is 5.88 Å². The van der Waals surface area contributed by atoms with E-state index in [4.69, 9.17) is 4.74 Å². The maximum absolute atomic E-state index is 13.4. The fraction of sp³-hybridized carbons (Fsp3) is 0.478. The van der Waals surface area contributed by atoms with Gasteiger partial charge in [-0.25, -0.2) is 4.98 Å². The van der Waals surface area contributed by atoms with Gasteiger partial charge in [-0.1, -0.05) is 43.2 Å². The molecule has 1 aromatic carbocycles. The Morgan fingerprint density at radius 3 is 2.79 bits per heavy atom. The molecule has 2 aliphatic rings. The summed E-state index contributed by atoms with van der Waals surface area (Å²) in [7, 11) is 0. The van der Waals surface area contributed by atoms with Crippen molar-refractivity contribution in [3.8, 4) is 5.88 Å². The SMILES string of the molecule is CCOc1ncccc1C(=O)N1CC[C@](O)(c2ccccc2)[C@H]2CCCC[C@H]21. The predicted octanol–water partition coefficient (Wildman–Crippen LogP) is 3.77. The molecule has 148 valence electrons. The standard InChI is InChI=1S/C23H28N2O3/c1-2-28-21-18(11-8-15-24-21)22(26)25-16-14-23(27,17-9-4-3-5-10-17)19-12-6-7-13-20(19)25/h3-5,8-11,15,19-20,27H,2,6-7,12-14,16H2,1H3/t19-,20+,23-/m0/s1. The molecule has 0 spiro atoms. The molecule has 1 aliphatic carbocycles. The third kappa shape index (κ3) is 3.28. The zero-order valence-corrected chi connectivity index (χ0v) is 16.4. The van der Waals surface area contributed by atoms with Crippen LogP contribution in [0.15, 0.2) is 48.7 Å². The molecule has 0 radical (unpaired) electrons. The van der Waals surface area contributed by atoms with Gasteiger partial charge >= 0.3 is 0 Å². The van der Waals surface area contributed by atoms with E-state index in [1.54, 1.807) is 18.3 Å². The Hall–Kier alpha value is -2.40. The molecule has 1 saturated heterocycles. The lowest BCUT2D eigenvalue weighted by Crippen LogP contribution is -2.59. The molecule has 1 aliphatic heterocycles. The summed E-state index contributed by atoms with van der Waals surface area (Å²) in [6, 6.07) is 13.6. The lowest BCUT2D eigenvalue weighted by molar-refractivity contribution is -0.110. The zero-order valence-electron chi connectivity index (χ0n) is 16.4. The maximum Gasteiger partial charge on any atom is 0.259 e. The number of rotatable bonds is 4. The minimum absolute atomic E-state index is 0.0369. The smallest absolute Gasteiger partial charge is 0.259 e. The number of amides is 1. The monoisotopic (exact) mass is 380 g/mol. The van der Waals surface area contributed by atoms with E-state index in [0.29, 0.717) is 31.0 Å². The first-order valence-corrected chi connectivity index (χ1v) is 10.3. The number of carbonyl (C=O) groups excluding carboxylic acids is 1. The van der Waals surface area contributed by atoms with Crippen molar-refractivity contribution in [1.29, 1.82) is 0 Å². The van der Waals surface area contributed by atoms with E-state index in [-0.39, 0.29) is 17.9 Å². The van der Waals surface area contributed by atoms with Gasteiger partial charge in [-0.2, -0.15) is 0 Å². The number of likely N-dealkylation sites (tertiary alicyclic amines) is 1. The van der Waals surface area contributed by atoms with E-state index in [9.17, 15) is 9.90 Å². The Labute approximate surface area is 166 Å². The third-order valence-electron chi connectivity index (χ3n) is 6.29. The van der Waals surface area contributed by atoms with Gasteiger partial charge in [0.15, 0.2) is 0 Å². The molecule has 1 saturated carbocycles. The molecule has 4 rings (SSSR count). The first kappa shape index (κ1) is 18.9. The van der Waals surface area contributed by atoms with Crippen LogP contribution in [0.3, 0.4) is 0 Å². The average molecular weight is 380 g/mol. The highest BCUT2D eigenvalue weighted by molar-refractivity contribution is 5.96. The third-order valence-corrected chi connectivity index (χ3v) is 6.29. The largest absolute Gasteiger partial charge is 0.477 e. The van der Waals surface area contributed by atoms with Crippen LogP contribution in [-0.4, -0.2) is 40.1 Å². The van der Waals surface area contributed by atoms with Gasteiger partial charge in [0, 0.05) is 24.7 Å². The number of nitrogens with zero attached hydrogens (tertiary/aromatic N) is 2. The van der Waals surface area contributed by atoms with Gasteiger partial charge in [-0.15, -0.1) is 0 Å². The molecule has 2 heterocycles. The Morgan fingerprint density at radius 2 is 2.00 bits per heavy atom. The Morgan fingerprint density at radius 1 is 1.21 bits per heavy atom. The fourth-order valence-electron chi connectivity index (χ4n) is 4.98. The van der Waals surface area contributed by atoms with Gasteiger partial charge in [0.1, 0.15) is 5.56 Å². The van der Waals surface area contributed by atoms with Crippen LogP contribution >= 0.6 is 0 Å². The van der Waals surface area contributed by atoms with E-state index in [1.807, 2.05) is 42.2 Å². The number of carbonyl (C=O) groups is 1. The molecule has 0 unspecified atom stereocenters. The van der Waals surface area contributed by atoms with Crippen LogP contribution in [0.25, 0.3) is 0 Å². The van der Waals surface area contributed by atoms with Gasteiger partial charge in [-0.05, 0) is 43.9 Å². The Bertz CT molecular complexity index is 826. The highest BCUT2D eigenvalue weighted by Gasteiger charge is 2.50. The minimum atomic E-state index is -0.874. The number of aromatic nitrogens is 1. The number of ether oxygens (including phenoxy) is 1. The van der Waals surface area contributed by atoms with Crippen molar-refractivity contribution in [2.75, 3.05) is 13.2 Å². The van der Waals surface area contributed by atoms with Crippen LogP contribution in [0.1, 0.15) is 54.9 Å². The number of piperidine rings is 1. The summed E-state index contributed by atoms with van der Waals surface area (Å²) in [4.78, 5) is 19.6. The molecule has 2 aromatic rings. The molecule has 1 N–H and O–H groups in total. The van der Waals surface area contributed by atoms with Crippen molar-refractivity contribution in [2.45, 2.75) is 50.7 Å². The van der Waals surface area contributed by atoms with Gasteiger partial charge in [0.2, 0.25) is 5.88 Å². The lowest BCUT2D eigenvalue weighted by Gasteiger charge is -2.52. The second-order valence-corrected chi connectivity index (χ2v) is 7.79. The number of hydrogen-bond acceptors (Lipinski definition) is 4. The molecule has 0 bridgehead atoms. The topological polar surface area (TPSA) is 62.7 Å². The molecule has 1 amide bonds. The number of hydrogen-bond donors (Lipinski definition) is 1. The summed E-state index contributed by atoms with van der Waals surface area (Å²) in [5.74, 6) is 0.406. The summed E-state index contributed by atoms with van der Waals surface area (Å²) < 4.78 is 5.59. The summed E-state index contributed by atoms with van der Waals surface area (Å²) in [5.41, 5.74) is 0.607. The lowest BCUT2D eigenvalue weighted by atomic mass is 9.66. The zero-order chi connectivity index (χ0) is 19.6. The van der Waals surface area contributed by atoms with E-state index in [0.717, 1.165) is 31.2 Å². The number of aliphatic hydroxyl groups is 1. The molecule has 5 nitrogen and oxygen atoms in total. The van der Waals surface area contributed by atoms with E-state index in [2.05, 4.69) is 4.98 Å². The van der Waals surface area contributed by atoms with Crippen molar-refractivity contribution < 1.29 is 14.6 Å². The van der Waals surface area contributed by atoms with Gasteiger partial charge in [0.05, 0.1) is 12.2 Å². The molecule has 1 aromatic heterocycles. The quantitative estimate of drug-likeness (QED) is 0.877. The van der Waals surface area contributed by atoms with Crippen molar-refractivity contribution in [3.05, 3.63) is 59.8 Å². The Kier molecular flexibility index (Phi) is 5.36. The second-order valence-electron chi connectivity index (χ2n) is 7.79. The highest BCUT2D eigenvalue weighted by atomic mass is 16.5. The summed E-state index contributed by atoms with van der Waals surface area (Å²) in [6.07, 6.45) is 6.24. The van der Waals surface area contributed by atoms with Crippen LogP contribution < -0.4 is 4.74 Å². The van der Waals surface area contributed by atoms with Crippen LogP contribution in [0.4, 0.5) is 0 Å².